The van der Waals surface area contributed by atoms with Gasteiger partial charge in [-0.1, -0.05) is 18.2 Å². The highest BCUT2D eigenvalue weighted by Crippen LogP contribution is 2.27. The molecule has 4 heterocycles. The number of aromatic nitrogens is 3. The molecule has 0 atom stereocenters. The van der Waals surface area contributed by atoms with Crippen molar-refractivity contribution in [1.29, 1.82) is 0 Å². The van der Waals surface area contributed by atoms with Gasteiger partial charge in [0.2, 0.25) is 5.95 Å². The summed E-state index contributed by atoms with van der Waals surface area (Å²) < 4.78 is 5.90. The number of carbonyl (C=O) groups excluding carboxylic acids is 2. The number of benzene rings is 2. The summed E-state index contributed by atoms with van der Waals surface area (Å²) in [5.41, 5.74) is 3.79. The molecule has 42 heavy (non-hydrogen) atoms. The minimum Gasteiger partial charge on any atom is -0.457 e. The number of thioether (sulfide) groups is 1. The number of rotatable bonds is 9. The van der Waals surface area contributed by atoms with Gasteiger partial charge < -0.3 is 15.0 Å². The number of amides is 2. The molecule has 9 nitrogen and oxygen atoms in total. The van der Waals surface area contributed by atoms with Gasteiger partial charge >= 0.3 is 0 Å². The van der Waals surface area contributed by atoms with Crippen molar-refractivity contribution in [3.63, 3.8) is 0 Å². The molecule has 2 aromatic heterocycles. The number of carbonyl (C=O) groups is 2. The first kappa shape index (κ1) is 27.6. The van der Waals surface area contributed by atoms with Crippen molar-refractivity contribution in [3.05, 3.63) is 101 Å². The number of pyridine rings is 1. The zero-order valence-corrected chi connectivity index (χ0v) is 23.7. The van der Waals surface area contributed by atoms with Gasteiger partial charge in [-0.2, -0.15) is 0 Å². The van der Waals surface area contributed by atoms with E-state index < -0.39 is 0 Å². The molecular formula is C32H30N6O3S. The minimum atomic E-state index is -0.384. The molecule has 2 saturated heterocycles. The molecule has 0 bridgehead atoms. The van der Waals surface area contributed by atoms with Gasteiger partial charge in [-0.15, -0.1) is 0 Å². The first-order valence-corrected chi connectivity index (χ1v) is 14.7. The normalized spacial score (nSPS) is 16.6. The van der Waals surface area contributed by atoms with Gasteiger partial charge in [-0.05, 0) is 103 Å². The zero-order valence-electron chi connectivity index (χ0n) is 22.9. The quantitative estimate of drug-likeness (QED) is 0.243. The molecule has 2 aromatic carbocycles. The molecule has 0 aliphatic carbocycles. The summed E-state index contributed by atoms with van der Waals surface area (Å²) in [5.74, 6) is 2.43. The number of hydrogen-bond donors (Lipinski definition) is 2. The lowest BCUT2D eigenvalue weighted by Gasteiger charge is -2.32. The molecule has 0 radical (unpaired) electrons. The maximum absolute atomic E-state index is 11.8. The minimum absolute atomic E-state index is 0.349. The van der Waals surface area contributed by atoms with Crippen LogP contribution in [0.3, 0.4) is 0 Å². The van der Waals surface area contributed by atoms with E-state index in [-0.39, 0.29) is 11.1 Å². The van der Waals surface area contributed by atoms with E-state index >= 15 is 0 Å². The highest BCUT2D eigenvalue weighted by atomic mass is 32.2. The van der Waals surface area contributed by atoms with Crippen LogP contribution in [0.2, 0.25) is 0 Å². The Morgan fingerprint density at radius 1 is 0.952 bits per heavy atom. The Hall–Kier alpha value is -4.54. The van der Waals surface area contributed by atoms with Crippen LogP contribution in [0.4, 0.5) is 10.7 Å². The van der Waals surface area contributed by atoms with E-state index in [4.69, 9.17) is 4.74 Å². The lowest BCUT2D eigenvalue weighted by atomic mass is 9.97. The topological polar surface area (TPSA) is 109 Å². The average molecular weight is 579 g/mol. The summed E-state index contributed by atoms with van der Waals surface area (Å²) >= 11 is 0.889. The second-order valence-electron chi connectivity index (χ2n) is 10.2. The Labute approximate surface area is 248 Å². The zero-order chi connectivity index (χ0) is 28.7. The Balaban J connectivity index is 0.976. The average Bonchev–Trinajstić information content (AvgIpc) is 3.34. The fourth-order valence-electron chi connectivity index (χ4n) is 4.97. The number of nitrogens with one attached hydrogen (secondary N) is 2. The first-order chi connectivity index (χ1) is 20.6. The Bertz CT molecular complexity index is 1590. The van der Waals surface area contributed by atoms with Crippen LogP contribution in [0.25, 0.3) is 17.3 Å². The molecule has 10 heteroatoms. The van der Waals surface area contributed by atoms with E-state index in [0.717, 1.165) is 73.5 Å². The smallest absolute Gasteiger partial charge is 0.290 e. The van der Waals surface area contributed by atoms with Gasteiger partial charge in [0.15, 0.2) is 0 Å². The molecule has 2 fully saturated rings. The fourth-order valence-corrected chi connectivity index (χ4v) is 5.64. The first-order valence-electron chi connectivity index (χ1n) is 13.9. The van der Waals surface area contributed by atoms with Gasteiger partial charge in [0.25, 0.3) is 11.1 Å². The maximum Gasteiger partial charge on any atom is 0.290 e. The number of nitrogens with zero attached hydrogens (tertiary/aromatic N) is 4. The van der Waals surface area contributed by atoms with Crippen molar-refractivity contribution in [2.45, 2.75) is 19.4 Å². The second-order valence-corrected chi connectivity index (χ2v) is 11.2. The van der Waals surface area contributed by atoms with Gasteiger partial charge in [0.05, 0.1) is 16.3 Å². The summed E-state index contributed by atoms with van der Waals surface area (Å²) in [6, 6.07) is 23.7. The third-order valence-corrected chi connectivity index (χ3v) is 8.01. The molecule has 2 aliphatic rings. The third kappa shape index (κ3) is 7.02. The molecule has 2 N–H and O–H groups in total. The van der Waals surface area contributed by atoms with Gasteiger partial charge in [0, 0.05) is 37.6 Å². The van der Waals surface area contributed by atoms with E-state index in [9.17, 15) is 9.59 Å². The lowest BCUT2D eigenvalue weighted by Crippen LogP contribution is -2.38. The van der Waals surface area contributed by atoms with Crippen molar-refractivity contribution in [3.8, 4) is 22.8 Å². The number of piperidine rings is 1. The van der Waals surface area contributed by atoms with E-state index in [0.29, 0.717) is 22.5 Å². The van der Waals surface area contributed by atoms with Crippen LogP contribution >= 0.6 is 11.8 Å². The number of hydrogen-bond acceptors (Lipinski definition) is 9. The predicted molar refractivity (Wildman–Crippen MR) is 164 cm³/mol. The summed E-state index contributed by atoms with van der Waals surface area (Å²) in [5, 5.41) is 5.53. The highest BCUT2D eigenvalue weighted by molar-refractivity contribution is 8.18. The maximum atomic E-state index is 11.8. The van der Waals surface area contributed by atoms with Crippen LogP contribution in [-0.4, -0.2) is 45.7 Å². The van der Waals surface area contributed by atoms with Crippen molar-refractivity contribution in [2.24, 2.45) is 5.92 Å². The molecule has 0 spiro atoms. The third-order valence-electron chi connectivity index (χ3n) is 7.20. The van der Waals surface area contributed by atoms with Crippen LogP contribution in [-0.2, 0) is 11.3 Å². The van der Waals surface area contributed by atoms with E-state index in [2.05, 4.69) is 42.6 Å². The fraction of sp³-hybridized carbons (Fsp3) is 0.219. The van der Waals surface area contributed by atoms with Crippen LogP contribution in [0.5, 0.6) is 11.5 Å². The van der Waals surface area contributed by atoms with Crippen LogP contribution in [0.15, 0.2) is 90.1 Å². The lowest BCUT2D eigenvalue weighted by molar-refractivity contribution is -0.115. The Morgan fingerprint density at radius 3 is 2.48 bits per heavy atom. The Kier molecular flexibility index (Phi) is 8.53. The van der Waals surface area contributed by atoms with E-state index in [1.165, 1.54) is 5.56 Å². The van der Waals surface area contributed by atoms with Crippen LogP contribution in [0.1, 0.15) is 24.1 Å². The highest BCUT2D eigenvalue weighted by Gasteiger charge is 2.25. The number of anilines is 1. The SMILES string of the molecule is O=C1NC(=O)/C(=C/c2ccnc(N3CCC(CNCc4ccnc(-c5ccc(Oc6ccccc6)cc5)c4)CC3)n2)S1. The van der Waals surface area contributed by atoms with Crippen LogP contribution < -0.4 is 20.3 Å². The van der Waals surface area contributed by atoms with E-state index in [1.807, 2.05) is 60.8 Å². The molecule has 6 rings (SSSR count). The number of imide groups is 1. The summed E-state index contributed by atoms with van der Waals surface area (Å²) in [6.07, 6.45) is 7.25. The summed E-state index contributed by atoms with van der Waals surface area (Å²) in [4.78, 5) is 39.4. The molecule has 212 valence electrons. The number of ether oxygens (including phenoxy) is 1. The van der Waals surface area contributed by atoms with Gasteiger partial charge in [-0.25, -0.2) is 9.97 Å². The summed E-state index contributed by atoms with van der Waals surface area (Å²) in [7, 11) is 0. The predicted octanol–water partition coefficient (Wildman–Crippen LogP) is 5.66. The standard InChI is InChI=1S/C32H30N6O3S/c39-30-29(42-32(40)37-30)19-25-11-15-35-31(36-25)38-16-12-22(13-17-38)20-33-21-23-10-14-34-28(18-23)24-6-8-27(9-7-24)41-26-4-2-1-3-5-26/h1-11,14-15,18-19,22,33H,12-13,16-17,20-21H2,(H,37,39,40)/b29-19-. The molecule has 2 amide bonds. The van der Waals surface area contributed by atoms with Gasteiger partial charge in [-0.3, -0.25) is 19.9 Å². The Morgan fingerprint density at radius 2 is 1.71 bits per heavy atom. The molecule has 2 aliphatic heterocycles. The van der Waals surface area contributed by atoms with Crippen molar-refractivity contribution in [1.82, 2.24) is 25.6 Å². The van der Waals surface area contributed by atoms with Crippen molar-refractivity contribution < 1.29 is 14.3 Å². The van der Waals surface area contributed by atoms with Crippen molar-refractivity contribution in [2.75, 3.05) is 24.5 Å². The largest absolute Gasteiger partial charge is 0.457 e. The monoisotopic (exact) mass is 578 g/mol. The summed E-state index contributed by atoms with van der Waals surface area (Å²) in [6.45, 7) is 3.44. The molecule has 0 saturated carbocycles. The van der Waals surface area contributed by atoms with Crippen molar-refractivity contribution >= 4 is 34.9 Å². The molecular weight excluding hydrogens is 548 g/mol. The molecule has 0 unspecified atom stereocenters. The number of para-hydroxylation sites is 1. The van der Waals surface area contributed by atoms with Gasteiger partial charge in [0.1, 0.15) is 11.5 Å². The van der Waals surface area contributed by atoms with Crippen LogP contribution in [0, 0.1) is 5.92 Å². The second kappa shape index (κ2) is 13.0. The molecule has 4 aromatic rings. The van der Waals surface area contributed by atoms with E-state index in [1.54, 1.807) is 18.3 Å².